The van der Waals surface area contributed by atoms with Crippen LogP contribution < -0.4 is 27.0 Å². The molecule has 29 nitrogen and oxygen atoms in total. The van der Waals surface area contributed by atoms with Crippen molar-refractivity contribution in [1.82, 2.24) is 54.3 Å². The van der Waals surface area contributed by atoms with Crippen LogP contribution >= 0.6 is 15.6 Å². The molecule has 8 heterocycles. The number of aromatic nitrogens is 8. The van der Waals surface area contributed by atoms with Crippen molar-refractivity contribution in [3.63, 3.8) is 0 Å². The molecule has 10 rings (SSSR count). The number of nitrogens with two attached hydrogens (primary N) is 2. The minimum atomic E-state index is -4.72. The molecule has 6 aliphatic rings. The zero-order valence-corrected chi connectivity index (χ0v) is 41.4. The Kier molecular flexibility index (Phi) is 18.4. The van der Waals surface area contributed by atoms with Crippen LogP contribution in [0.2, 0.25) is 0 Å². The van der Waals surface area contributed by atoms with Crippen LogP contribution in [0.4, 0.5) is 11.6 Å². The van der Waals surface area contributed by atoms with Gasteiger partial charge in [-0.05, 0) is 25.7 Å². The highest BCUT2D eigenvalue weighted by Crippen LogP contribution is 2.44. The van der Waals surface area contributed by atoms with Crippen LogP contribution in [0.25, 0.3) is 22.3 Å². The van der Waals surface area contributed by atoms with Crippen molar-refractivity contribution in [3.05, 3.63) is 25.3 Å². The van der Waals surface area contributed by atoms with Crippen LogP contribution in [0.15, 0.2) is 25.3 Å². The molecule has 0 spiro atoms. The van der Waals surface area contributed by atoms with Gasteiger partial charge in [0.15, 0.2) is 35.4 Å². The fraction of sp³-hybridized carbons (Fsp3) is 0.732. The molecule has 6 fully saturated rings. The van der Waals surface area contributed by atoms with E-state index in [-0.39, 0.29) is 43.6 Å². The predicted octanol–water partition coefficient (Wildman–Crippen LogP) is -1.79. The second-order valence-electron chi connectivity index (χ2n) is 18.3. The number of aliphatic hydroxyl groups is 4. The standard InChI is InChI=1S/C17H31N3O.C14H21N6O7P.C10H14N5O7P/c1-3-7-15(8-4-1)18-17(20-11-13-21-14-12-20)19-16-9-5-2-6-10-16;15-12-9-13(17-6-16-12)20(7-18-9)14-11(22)10(21)8(27-14)5-26-28(23,24)19-1-3-25-4-2-19;11-8-5-9(13-2-12-8)15(3-14-5)10-7(17)6(16)4(22-10)1-21-23(18,19)20/h15-16H,1-14H2,(H,18,19);6-8,10-11,14,21-22H,1-5H2,(H,23,24)(H2,15,16,17);2-4,6-7,10,16-17H,1H2,(H2,11,12,13)(H2,18,19,20)/t;8-,10-,11-,14-;4-,6-,7-,10-/m.11/s1. The van der Waals surface area contributed by atoms with Crippen LogP contribution in [0.1, 0.15) is 76.7 Å². The number of rotatable bonds is 11. The van der Waals surface area contributed by atoms with Crippen molar-refractivity contribution >= 4 is 55.5 Å². The Morgan fingerprint density at radius 3 is 1.57 bits per heavy atom. The van der Waals surface area contributed by atoms with E-state index in [4.69, 9.17) is 44.7 Å². The topological polar surface area (TPSA) is 404 Å². The molecule has 1 unspecified atom stereocenters. The summed E-state index contributed by atoms with van der Waals surface area (Å²) >= 11 is 0. The van der Waals surface area contributed by atoms with E-state index < -0.39 is 77.9 Å². The lowest BCUT2D eigenvalue weighted by atomic mass is 9.95. The maximum Gasteiger partial charge on any atom is 0.469 e. The summed E-state index contributed by atoms with van der Waals surface area (Å²) in [6.07, 6.45) is 8.99. The lowest BCUT2D eigenvalue weighted by Gasteiger charge is -2.37. The minimum Gasteiger partial charge on any atom is -0.766 e. The Morgan fingerprint density at radius 2 is 1.11 bits per heavy atom. The number of hydrogen-bond donors (Lipinski definition) is 10. The molecule has 31 heteroatoms. The molecule has 0 bridgehead atoms. The van der Waals surface area contributed by atoms with Crippen molar-refractivity contribution in [2.24, 2.45) is 0 Å². The van der Waals surface area contributed by atoms with Gasteiger partial charge in [0.05, 0.1) is 77.5 Å². The molecule has 0 radical (unpaired) electrons. The van der Waals surface area contributed by atoms with Crippen LogP contribution in [-0.2, 0) is 37.1 Å². The van der Waals surface area contributed by atoms with Gasteiger partial charge in [0, 0.05) is 13.1 Å². The molecule has 4 aromatic heterocycles. The highest BCUT2D eigenvalue weighted by atomic mass is 31.2. The van der Waals surface area contributed by atoms with Crippen LogP contribution in [0, 0.1) is 0 Å². The van der Waals surface area contributed by atoms with Gasteiger partial charge in [0.1, 0.15) is 60.3 Å². The van der Waals surface area contributed by atoms with Crippen molar-refractivity contribution < 1.29 is 76.8 Å². The Morgan fingerprint density at radius 1 is 0.667 bits per heavy atom. The van der Waals surface area contributed by atoms with Crippen molar-refractivity contribution in [1.29, 1.82) is 0 Å². The number of fused-ring (bicyclic) bond motifs is 2. The van der Waals surface area contributed by atoms with Gasteiger partial charge >= 0.3 is 13.8 Å². The van der Waals surface area contributed by atoms with Crippen LogP contribution in [-0.4, -0.2) is 199 Å². The third-order valence-corrected chi connectivity index (χ3v) is 15.4. The highest BCUT2D eigenvalue weighted by molar-refractivity contribution is 7.48. The lowest BCUT2D eigenvalue weighted by Crippen LogP contribution is -2.54. The van der Waals surface area contributed by atoms with Crippen LogP contribution in [0.3, 0.4) is 0 Å². The zero-order chi connectivity index (χ0) is 51.0. The summed E-state index contributed by atoms with van der Waals surface area (Å²) in [6, 6.07) is 1.35. The Balaban J connectivity index is 0.000000146. The number of guanidine groups is 1. The first-order valence-electron chi connectivity index (χ1n) is 24.2. The summed E-state index contributed by atoms with van der Waals surface area (Å²) in [5.41, 5.74) is 12.6. The van der Waals surface area contributed by atoms with E-state index in [9.17, 15) is 34.4 Å². The number of ether oxygens (including phenoxy) is 4. The number of aliphatic hydroxyl groups excluding tert-OH is 4. The van der Waals surface area contributed by atoms with E-state index in [0.29, 0.717) is 28.8 Å². The smallest absolute Gasteiger partial charge is 0.469 e. The fourth-order valence-corrected chi connectivity index (χ4v) is 10.9. The largest absolute Gasteiger partial charge is 0.766 e. The summed E-state index contributed by atoms with van der Waals surface area (Å²) in [4.78, 5) is 53.5. The maximum atomic E-state index is 12.3. The Hall–Kier alpha value is -4.13. The van der Waals surface area contributed by atoms with Gasteiger partial charge in [-0.1, -0.05) is 38.5 Å². The third kappa shape index (κ3) is 13.4. The molecular formula is C41H66N14O15P2. The summed E-state index contributed by atoms with van der Waals surface area (Å²) in [6.45, 7) is 3.70. The molecule has 4 saturated heterocycles. The molecule has 9 atom stereocenters. The number of hydrogen-bond acceptors (Lipinski definition) is 21. The van der Waals surface area contributed by atoms with Gasteiger partial charge in [0.25, 0.3) is 0 Å². The second-order valence-corrected chi connectivity index (χ2v) is 21.3. The van der Waals surface area contributed by atoms with Crippen LogP contribution in [0.5, 0.6) is 0 Å². The molecule has 0 amide bonds. The molecule has 0 aromatic carbocycles. The number of phosphoric ester groups is 1. The third-order valence-electron chi connectivity index (χ3n) is 13.4. The average Bonchev–Trinajstić information content (AvgIpc) is 4.16. The molecule has 4 aromatic rings. The van der Waals surface area contributed by atoms with E-state index >= 15 is 0 Å². The van der Waals surface area contributed by atoms with Gasteiger partial charge in [-0.25, -0.2) is 39.1 Å². The van der Waals surface area contributed by atoms with Crippen molar-refractivity contribution in [2.75, 3.05) is 77.3 Å². The second kappa shape index (κ2) is 24.5. The number of phosphoric acid groups is 1. The normalized spacial score (nSPS) is 28.7. The molecule has 2 aliphatic carbocycles. The minimum absolute atomic E-state index is 0.142. The number of imidazole rings is 2. The number of morpholine rings is 2. The first kappa shape index (κ1) is 54.1. The monoisotopic (exact) mass is 1060 g/mol. The summed E-state index contributed by atoms with van der Waals surface area (Å²) in [5.74, 6) is 1.61. The quantitative estimate of drug-likeness (QED) is 0.0450. The van der Waals surface area contributed by atoms with E-state index in [1.165, 1.54) is 109 Å². The Labute approximate surface area is 413 Å². The van der Waals surface area contributed by atoms with Gasteiger partial charge in [-0.2, -0.15) is 0 Å². The predicted molar refractivity (Wildman–Crippen MR) is 251 cm³/mol. The van der Waals surface area contributed by atoms with Crippen molar-refractivity contribution in [2.45, 2.75) is 125 Å². The van der Waals surface area contributed by atoms with E-state index in [1.807, 2.05) is 0 Å². The van der Waals surface area contributed by atoms with E-state index in [1.54, 1.807) is 0 Å². The lowest BCUT2D eigenvalue weighted by molar-refractivity contribution is -0.553. The van der Waals surface area contributed by atoms with Gasteiger partial charge in [-0.15, -0.1) is 0 Å². The molecule has 12 N–H and O–H groups in total. The summed E-state index contributed by atoms with van der Waals surface area (Å²) in [5, 5.41) is 48.4. The van der Waals surface area contributed by atoms with E-state index in [0.717, 1.165) is 26.3 Å². The number of nitrogens with zero attached hydrogens (tertiary/aromatic N) is 10. The highest BCUT2D eigenvalue weighted by Gasteiger charge is 2.46. The molecule has 72 heavy (non-hydrogen) atoms. The average molecular weight is 1060 g/mol. The molecular weight excluding hydrogens is 990 g/mol. The van der Waals surface area contributed by atoms with Crippen molar-refractivity contribution in [3.8, 4) is 0 Å². The number of anilines is 2. The van der Waals surface area contributed by atoms with Gasteiger partial charge in [0.2, 0.25) is 7.75 Å². The molecule has 400 valence electrons. The van der Waals surface area contributed by atoms with Gasteiger partial charge in [-0.3, -0.25) is 33.4 Å². The van der Waals surface area contributed by atoms with Gasteiger partial charge < -0.3 is 70.0 Å². The SMILES string of the molecule is C1CCC(NC(NC2CCCCC2)=[N+]2CCOCC2)CC1.Nc1ncnc2c1ncn2[C@@H]1O[C@H](COP(=O)(O)O)[C@@H](O)[C@H]1O.Nc1ncnc2c1ncn2[C@@H]1O[C@H](COP(=O)([O-])N2CCOCC2)[C@@H](O)[C@H]1O. The number of nitrogen functional groups attached to an aromatic ring is 2. The fourth-order valence-electron chi connectivity index (χ4n) is 9.42. The zero-order valence-electron chi connectivity index (χ0n) is 39.6. The summed E-state index contributed by atoms with van der Waals surface area (Å²) in [7, 11) is -9.04. The molecule has 4 aliphatic heterocycles. The molecule has 2 saturated carbocycles. The first-order chi connectivity index (χ1) is 34.6. The number of nitrogens with one attached hydrogen (secondary N) is 2. The maximum absolute atomic E-state index is 12.3. The first-order valence-corrected chi connectivity index (χ1v) is 27.2. The summed E-state index contributed by atoms with van der Waals surface area (Å²) < 4.78 is 60.5. The Bertz CT molecular complexity index is 2490. The van der Waals surface area contributed by atoms with E-state index in [2.05, 4.69) is 49.6 Å².